The zero-order chi connectivity index (χ0) is 10.0. The van der Waals surface area contributed by atoms with Crippen LogP contribution in [0.5, 0.6) is 0 Å². The molecule has 1 heterocycles. The fourth-order valence-corrected chi connectivity index (χ4v) is 4.35. The van der Waals surface area contributed by atoms with Crippen LogP contribution >= 0.6 is 36.2 Å². The van der Waals surface area contributed by atoms with E-state index in [0.29, 0.717) is 0 Å². The maximum absolute atomic E-state index is 4.30. The Morgan fingerprint density at radius 3 is 2.57 bits per heavy atom. The number of rotatable bonds is 2. The van der Waals surface area contributed by atoms with Crippen molar-refractivity contribution in [2.45, 2.75) is 11.0 Å². The summed E-state index contributed by atoms with van der Waals surface area (Å²) in [4.78, 5) is 1.37. The summed E-state index contributed by atoms with van der Waals surface area (Å²) in [7, 11) is 0. The fourth-order valence-electron chi connectivity index (χ4n) is 1.41. The fraction of sp³-hybridized carbons (Fsp3) is 0.273. The standard InChI is InChI=1S/C11H12S3/c1-11(9-5-3-2-4-6-9)13-8-10(7-12)14-11/h2-6,8,12H,7H2,1H3. The molecule has 0 nitrogen and oxygen atoms in total. The zero-order valence-corrected chi connectivity index (χ0v) is 10.5. The Morgan fingerprint density at radius 1 is 1.29 bits per heavy atom. The average Bonchev–Trinajstić information content (AvgIpc) is 2.63. The van der Waals surface area contributed by atoms with Gasteiger partial charge in [-0.1, -0.05) is 30.3 Å². The van der Waals surface area contributed by atoms with Crippen molar-refractivity contribution in [2.75, 3.05) is 5.75 Å². The van der Waals surface area contributed by atoms with Crippen LogP contribution in [-0.2, 0) is 4.08 Å². The molecule has 1 aliphatic rings. The molecule has 74 valence electrons. The van der Waals surface area contributed by atoms with Crippen molar-refractivity contribution in [3.63, 3.8) is 0 Å². The first kappa shape index (κ1) is 10.5. The van der Waals surface area contributed by atoms with E-state index < -0.39 is 0 Å². The van der Waals surface area contributed by atoms with Gasteiger partial charge in [0.25, 0.3) is 0 Å². The van der Waals surface area contributed by atoms with Crippen molar-refractivity contribution in [3.8, 4) is 0 Å². The lowest BCUT2D eigenvalue weighted by Crippen LogP contribution is -2.08. The van der Waals surface area contributed by atoms with E-state index in [9.17, 15) is 0 Å². The zero-order valence-electron chi connectivity index (χ0n) is 7.93. The minimum absolute atomic E-state index is 0.152. The molecular formula is C11H12S3. The van der Waals surface area contributed by atoms with Gasteiger partial charge >= 0.3 is 0 Å². The van der Waals surface area contributed by atoms with Gasteiger partial charge in [-0.05, 0) is 17.9 Å². The Morgan fingerprint density at radius 2 is 2.00 bits per heavy atom. The van der Waals surface area contributed by atoms with Gasteiger partial charge in [0.2, 0.25) is 0 Å². The van der Waals surface area contributed by atoms with E-state index in [1.54, 1.807) is 0 Å². The van der Waals surface area contributed by atoms with Gasteiger partial charge in [0.05, 0.1) is 4.08 Å². The van der Waals surface area contributed by atoms with Gasteiger partial charge in [0.1, 0.15) is 0 Å². The highest BCUT2D eigenvalue weighted by Gasteiger charge is 2.32. The lowest BCUT2D eigenvalue weighted by Gasteiger charge is -2.22. The lowest BCUT2D eigenvalue weighted by atomic mass is 10.2. The van der Waals surface area contributed by atoms with Crippen LogP contribution in [0.4, 0.5) is 0 Å². The van der Waals surface area contributed by atoms with Crippen LogP contribution < -0.4 is 0 Å². The summed E-state index contributed by atoms with van der Waals surface area (Å²) in [6, 6.07) is 10.6. The highest BCUT2D eigenvalue weighted by Crippen LogP contribution is 2.55. The van der Waals surface area contributed by atoms with Crippen LogP contribution in [0.2, 0.25) is 0 Å². The van der Waals surface area contributed by atoms with Crippen LogP contribution in [0.3, 0.4) is 0 Å². The third kappa shape index (κ3) is 2.00. The molecule has 1 aromatic carbocycles. The van der Waals surface area contributed by atoms with Crippen LogP contribution in [0.1, 0.15) is 12.5 Å². The summed E-state index contributed by atoms with van der Waals surface area (Å²) >= 11 is 8.10. The summed E-state index contributed by atoms with van der Waals surface area (Å²) in [6.45, 7) is 2.27. The Bertz CT molecular complexity index is 345. The molecule has 2 rings (SSSR count). The summed E-state index contributed by atoms with van der Waals surface area (Å²) in [6.07, 6.45) is 0. The molecule has 14 heavy (non-hydrogen) atoms. The number of thiol groups is 1. The maximum Gasteiger partial charge on any atom is 0.0916 e. The minimum Gasteiger partial charge on any atom is -0.174 e. The van der Waals surface area contributed by atoms with Gasteiger partial charge in [0.15, 0.2) is 0 Å². The SMILES string of the molecule is CC1(c2ccccc2)SC=C(CS)S1. The smallest absolute Gasteiger partial charge is 0.0916 e. The Hall–Kier alpha value is 0.01000. The molecule has 0 fully saturated rings. The monoisotopic (exact) mass is 240 g/mol. The van der Waals surface area contributed by atoms with Crippen molar-refractivity contribution in [2.24, 2.45) is 0 Å². The van der Waals surface area contributed by atoms with E-state index in [-0.39, 0.29) is 4.08 Å². The second-order valence-corrected chi connectivity index (χ2v) is 6.68. The molecule has 1 unspecified atom stereocenters. The molecule has 0 saturated carbocycles. The molecule has 0 aliphatic carbocycles. The van der Waals surface area contributed by atoms with Crippen molar-refractivity contribution >= 4 is 36.2 Å². The Balaban J connectivity index is 2.21. The molecule has 0 saturated heterocycles. The third-order valence-corrected chi connectivity index (χ3v) is 5.68. The Kier molecular flexibility index (Phi) is 3.20. The molecule has 1 atom stereocenters. The quantitative estimate of drug-likeness (QED) is 0.773. The van der Waals surface area contributed by atoms with Gasteiger partial charge in [-0.25, -0.2) is 0 Å². The van der Waals surface area contributed by atoms with Gasteiger partial charge in [0, 0.05) is 10.7 Å². The predicted octanol–water partition coefficient (Wildman–Crippen LogP) is 4.11. The molecule has 0 spiro atoms. The molecule has 1 aliphatic heterocycles. The summed E-state index contributed by atoms with van der Waals surface area (Å²) in [5.41, 5.74) is 1.38. The normalized spacial score (nSPS) is 26.3. The van der Waals surface area contributed by atoms with E-state index in [1.807, 2.05) is 23.5 Å². The maximum atomic E-state index is 4.30. The molecule has 0 N–H and O–H groups in total. The van der Waals surface area contributed by atoms with Crippen molar-refractivity contribution < 1.29 is 0 Å². The third-order valence-electron chi connectivity index (χ3n) is 2.20. The minimum atomic E-state index is 0.152. The van der Waals surface area contributed by atoms with Crippen molar-refractivity contribution in [1.29, 1.82) is 0 Å². The van der Waals surface area contributed by atoms with E-state index >= 15 is 0 Å². The van der Waals surface area contributed by atoms with Crippen LogP contribution in [0.15, 0.2) is 40.6 Å². The highest BCUT2D eigenvalue weighted by molar-refractivity contribution is 8.23. The largest absolute Gasteiger partial charge is 0.174 e. The first-order chi connectivity index (χ1) is 6.74. The number of hydrogen-bond acceptors (Lipinski definition) is 3. The highest BCUT2D eigenvalue weighted by atomic mass is 32.2. The van der Waals surface area contributed by atoms with Gasteiger partial charge in [-0.15, -0.1) is 23.5 Å². The van der Waals surface area contributed by atoms with E-state index in [0.717, 1.165) is 5.75 Å². The molecule has 1 aromatic rings. The van der Waals surface area contributed by atoms with Crippen LogP contribution in [-0.4, -0.2) is 5.75 Å². The second-order valence-electron chi connectivity index (χ2n) is 3.27. The molecule has 0 radical (unpaired) electrons. The summed E-state index contributed by atoms with van der Waals surface area (Å²) in [5, 5.41) is 2.23. The molecule has 0 bridgehead atoms. The van der Waals surface area contributed by atoms with Gasteiger partial charge < -0.3 is 0 Å². The number of thioether (sulfide) groups is 2. The first-order valence-electron chi connectivity index (χ1n) is 4.47. The topological polar surface area (TPSA) is 0 Å². The van der Waals surface area contributed by atoms with Crippen LogP contribution in [0, 0.1) is 0 Å². The van der Waals surface area contributed by atoms with Crippen LogP contribution in [0.25, 0.3) is 0 Å². The summed E-state index contributed by atoms with van der Waals surface area (Å²) in [5.74, 6) is 0.847. The average molecular weight is 240 g/mol. The van der Waals surface area contributed by atoms with E-state index in [4.69, 9.17) is 0 Å². The molecule has 0 amide bonds. The number of benzene rings is 1. The first-order valence-corrected chi connectivity index (χ1v) is 6.80. The second kappa shape index (κ2) is 4.25. The molecular weight excluding hydrogens is 228 g/mol. The van der Waals surface area contributed by atoms with Gasteiger partial charge in [-0.2, -0.15) is 12.6 Å². The molecule has 0 aromatic heterocycles. The number of hydrogen-bond donors (Lipinski definition) is 1. The van der Waals surface area contributed by atoms with Crippen molar-refractivity contribution in [1.82, 2.24) is 0 Å². The van der Waals surface area contributed by atoms with Crippen molar-refractivity contribution in [3.05, 3.63) is 46.2 Å². The summed E-state index contributed by atoms with van der Waals surface area (Å²) < 4.78 is 0.152. The molecule has 3 heteroatoms. The Labute approximate surface area is 99.0 Å². The van der Waals surface area contributed by atoms with E-state index in [1.165, 1.54) is 10.5 Å². The van der Waals surface area contributed by atoms with Gasteiger partial charge in [-0.3, -0.25) is 0 Å². The predicted molar refractivity (Wildman–Crippen MR) is 70.9 cm³/mol. The lowest BCUT2D eigenvalue weighted by molar-refractivity contribution is 1.02. The van der Waals surface area contributed by atoms with E-state index in [2.05, 4.69) is 55.3 Å².